The standard InChI is InChI=1S/C40H67N3O8/c1-7-9-10-11-12-13-14-15-16-17-21-24-33-28(5)36(45)31(8-2)37(46)42-34(27(3)4)38(47)43-35(29(6)44)39(48)41-32(40(49)51-33)26-50-25-30-22-19-18-20-23-30/h18-20,22-23,27-29,31-36,44-45H,7-17,21,24-26H2,1-6H3,(H,41,48)(H,42,46)(H,43,47)/t28-,29+,31+,32-,33+,34-,35-,36+/m0/s1. The molecule has 1 aromatic rings. The van der Waals surface area contributed by atoms with Crippen molar-refractivity contribution in [3.63, 3.8) is 0 Å². The fraction of sp³-hybridized carbons (Fsp3) is 0.750. The maximum Gasteiger partial charge on any atom is 0.331 e. The number of unbranched alkanes of at least 4 members (excludes halogenated alkanes) is 10. The number of cyclic esters (lactones) is 1. The normalized spacial score (nSPS) is 26.0. The number of rotatable bonds is 19. The molecule has 0 unspecified atom stereocenters. The Balaban J connectivity index is 2.31. The van der Waals surface area contributed by atoms with Crippen molar-refractivity contribution in [3.05, 3.63) is 35.9 Å². The number of amides is 3. The molecule has 0 bridgehead atoms. The number of hydrogen-bond acceptors (Lipinski definition) is 8. The highest BCUT2D eigenvalue weighted by molar-refractivity contribution is 5.94. The van der Waals surface area contributed by atoms with Gasteiger partial charge in [-0.15, -0.1) is 0 Å². The maximum absolute atomic E-state index is 13.9. The molecule has 0 spiro atoms. The van der Waals surface area contributed by atoms with Gasteiger partial charge in [-0.1, -0.05) is 129 Å². The summed E-state index contributed by atoms with van der Waals surface area (Å²) < 4.78 is 12.0. The highest BCUT2D eigenvalue weighted by Gasteiger charge is 2.40. The second kappa shape index (κ2) is 24.3. The molecule has 11 nitrogen and oxygen atoms in total. The number of ether oxygens (including phenoxy) is 2. The van der Waals surface area contributed by atoms with Crippen molar-refractivity contribution < 1.29 is 38.9 Å². The van der Waals surface area contributed by atoms with Gasteiger partial charge in [0.2, 0.25) is 17.7 Å². The number of esters is 1. The monoisotopic (exact) mass is 717 g/mol. The lowest BCUT2D eigenvalue weighted by atomic mass is 9.84. The van der Waals surface area contributed by atoms with Crippen molar-refractivity contribution in [2.24, 2.45) is 17.8 Å². The third-order valence-corrected chi connectivity index (χ3v) is 9.98. The van der Waals surface area contributed by atoms with Crippen molar-refractivity contribution >= 4 is 23.7 Å². The molecule has 0 aliphatic carbocycles. The van der Waals surface area contributed by atoms with E-state index in [1.165, 1.54) is 51.9 Å². The van der Waals surface area contributed by atoms with Crippen LogP contribution in [0.15, 0.2) is 30.3 Å². The minimum absolute atomic E-state index is 0.177. The molecule has 3 amide bonds. The van der Waals surface area contributed by atoms with Crippen LogP contribution >= 0.6 is 0 Å². The van der Waals surface area contributed by atoms with Gasteiger partial charge in [-0.25, -0.2) is 4.79 Å². The first-order valence-electron chi connectivity index (χ1n) is 19.5. The van der Waals surface area contributed by atoms with Crippen LogP contribution in [0.1, 0.15) is 131 Å². The Morgan fingerprint density at radius 1 is 0.765 bits per heavy atom. The largest absolute Gasteiger partial charge is 0.460 e. The first kappa shape index (κ1) is 44.1. The van der Waals surface area contributed by atoms with Gasteiger partial charge in [-0.3, -0.25) is 14.4 Å². The number of carbonyl (C=O) groups is 4. The zero-order chi connectivity index (χ0) is 37.8. The lowest BCUT2D eigenvalue weighted by molar-refractivity contribution is -0.161. The number of aliphatic hydroxyl groups is 2. The van der Waals surface area contributed by atoms with E-state index in [4.69, 9.17) is 9.47 Å². The molecule has 1 aliphatic rings. The zero-order valence-corrected chi connectivity index (χ0v) is 32.0. The molecule has 1 saturated heterocycles. The highest BCUT2D eigenvalue weighted by atomic mass is 16.6. The zero-order valence-electron chi connectivity index (χ0n) is 32.0. The average molecular weight is 718 g/mol. The van der Waals surface area contributed by atoms with Gasteiger partial charge in [-0.2, -0.15) is 0 Å². The van der Waals surface area contributed by atoms with Gasteiger partial charge in [0.1, 0.15) is 18.2 Å². The first-order chi connectivity index (χ1) is 24.4. The molecule has 5 N–H and O–H groups in total. The number of hydrogen-bond donors (Lipinski definition) is 5. The van der Waals surface area contributed by atoms with Crippen LogP contribution in [0.25, 0.3) is 0 Å². The Bertz CT molecular complexity index is 1160. The fourth-order valence-electron chi connectivity index (χ4n) is 6.58. The Hall–Kier alpha value is -3.02. The van der Waals surface area contributed by atoms with E-state index in [-0.39, 0.29) is 25.6 Å². The summed E-state index contributed by atoms with van der Waals surface area (Å²) in [6.45, 7) is 10.6. The lowest BCUT2D eigenvalue weighted by Gasteiger charge is -2.33. The molecule has 1 heterocycles. The summed E-state index contributed by atoms with van der Waals surface area (Å²) in [6, 6.07) is 5.64. The van der Waals surface area contributed by atoms with Crippen LogP contribution in [0, 0.1) is 17.8 Å². The summed E-state index contributed by atoms with van der Waals surface area (Å²) in [5.74, 6) is -4.61. The van der Waals surface area contributed by atoms with Crippen molar-refractivity contribution in [3.8, 4) is 0 Å². The number of benzene rings is 1. The third kappa shape index (κ3) is 15.6. The smallest absolute Gasteiger partial charge is 0.331 e. The van der Waals surface area contributed by atoms with Gasteiger partial charge in [0.25, 0.3) is 0 Å². The molecule has 0 aromatic heterocycles. The predicted molar refractivity (Wildman–Crippen MR) is 198 cm³/mol. The molecule has 1 aliphatic heterocycles. The van der Waals surface area contributed by atoms with Gasteiger partial charge < -0.3 is 35.6 Å². The molecular weight excluding hydrogens is 650 g/mol. The molecule has 0 saturated carbocycles. The summed E-state index contributed by atoms with van der Waals surface area (Å²) in [7, 11) is 0. The van der Waals surface area contributed by atoms with Crippen LogP contribution in [0.4, 0.5) is 0 Å². The second-order valence-electron chi connectivity index (χ2n) is 14.7. The molecule has 51 heavy (non-hydrogen) atoms. The van der Waals surface area contributed by atoms with Gasteiger partial charge in [0.05, 0.1) is 31.3 Å². The van der Waals surface area contributed by atoms with Crippen molar-refractivity contribution in [1.29, 1.82) is 0 Å². The first-order valence-corrected chi connectivity index (χ1v) is 19.5. The van der Waals surface area contributed by atoms with Crippen molar-refractivity contribution in [2.45, 2.75) is 168 Å². The van der Waals surface area contributed by atoms with Gasteiger partial charge in [-0.05, 0) is 37.7 Å². The van der Waals surface area contributed by atoms with E-state index in [1.54, 1.807) is 27.7 Å². The van der Waals surface area contributed by atoms with Crippen LogP contribution < -0.4 is 16.0 Å². The summed E-state index contributed by atoms with van der Waals surface area (Å²) >= 11 is 0. The van der Waals surface area contributed by atoms with Gasteiger partial charge in [0.15, 0.2) is 6.04 Å². The second-order valence-corrected chi connectivity index (χ2v) is 14.7. The number of nitrogens with one attached hydrogen (secondary N) is 3. The number of aliphatic hydroxyl groups excluding tert-OH is 2. The summed E-state index contributed by atoms with van der Waals surface area (Å²) in [6.07, 6.45) is 10.2. The lowest BCUT2D eigenvalue weighted by Crippen LogP contribution is -2.60. The molecular formula is C40H67N3O8. The molecule has 290 valence electrons. The molecule has 0 radical (unpaired) electrons. The van der Waals surface area contributed by atoms with Crippen LogP contribution in [-0.4, -0.2) is 76.9 Å². The highest BCUT2D eigenvalue weighted by Crippen LogP contribution is 2.26. The van der Waals surface area contributed by atoms with Gasteiger partial charge in [0, 0.05) is 5.92 Å². The molecule has 8 atom stereocenters. The average Bonchev–Trinajstić information content (AvgIpc) is 3.10. The Morgan fingerprint density at radius 2 is 1.31 bits per heavy atom. The maximum atomic E-state index is 13.9. The third-order valence-electron chi connectivity index (χ3n) is 9.98. The summed E-state index contributed by atoms with van der Waals surface area (Å²) in [4.78, 5) is 54.5. The van der Waals surface area contributed by atoms with E-state index < -0.39 is 72.0 Å². The molecule has 1 aromatic carbocycles. The minimum Gasteiger partial charge on any atom is -0.460 e. The van der Waals surface area contributed by atoms with E-state index >= 15 is 0 Å². The van der Waals surface area contributed by atoms with Crippen LogP contribution in [-0.2, 0) is 35.3 Å². The van der Waals surface area contributed by atoms with Crippen LogP contribution in [0.3, 0.4) is 0 Å². The summed E-state index contributed by atoms with van der Waals surface area (Å²) in [5.41, 5.74) is 0.872. The molecule has 1 fully saturated rings. The quantitative estimate of drug-likeness (QED) is 0.0946. The van der Waals surface area contributed by atoms with Gasteiger partial charge >= 0.3 is 5.97 Å². The number of carbonyl (C=O) groups excluding carboxylic acids is 4. The fourth-order valence-corrected chi connectivity index (χ4v) is 6.58. The topological polar surface area (TPSA) is 163 Å². The predicted octanol–water partition coefficient (Wildman–Crippen LogP) is 5.34. The van der Waals surface area contributed by atoms with Crippen LogP contribution in [0.2, 0.25) is 0 Å². The Kier molecular flexibility index (Phi) is 21.0. The van der Waals surface area contributed by atoms with E-state index in [0.717, 1.165) is 31.2 Å². The Labute approximate surface area is 306 Å². The van der Waals surface area contributed by atoms with E-state index in [1.807, 2.05) is 30.3 Å². The minimum atomic E-state index is -1.43. The van der Waals surface area contributed by atoms with E-state index in [2.05, 4.69) is 22.9 Å². The Morgan fingerprint density at radius 3 is 1.86 bits per heavy atom. The van der Waals surface area contributed by atoms with Crippen LogP contribution in [0.5, 0.6) is 0 Å². The van der Waals surface area contributed by atoms with Crippen molar-refractivity contribution in [1.82, 2.24) is 16.0 Å². The van der Waals surface area contributed by atoms with Crippen molar-refractivity contribution in [2.75, 3.05) is 6.61 Å². The molecule has 2 rings (SSSR count). The van der Waals surface area contributed by atoms with E-state index in [0.29, 0.717) is 6.42 Å². The molecule has 11 heteroatoms. The van der Waals surface area contributed by atoms with E-state index in [9.17, 15) is 29.4 Å². The summed E-state index contributed by atoms with van der Waals surface area (Å²) in [5, 5.41) is 30.1. The SMILES string of the molecule is CCCCCCCCCCCCC[C@H]1OC(=O)[C@H](COCc2ccccc2)NC(=O)[C@H]([C@@H](C)O)NC(=O)[C@H](C(C)C)NC(=O)[C@H](CC)[C@H](O)[C@H]1C.